The van der Waals surface area contributed by atoms with E-state index in [4.69, 9.17) is 0 Å². The molecule has 0 bridgehead atoms. The Morgan fingerprint density at radius 1 is 1.33 bits per heavy atom. The monoisotopic (exact) mass is 261 g/mol. The fourth-order valence-corrected chi connectivity index (χ4v) is 1.42. The number of hydrogen-bond donors (Lipinski definition) is 1. The molecule has 0 unspecified atom stereocenters. The minimum atomic E-state index is -4.41. The molecule has 6 heteroatoms. The van der Waals surface area contributed by atoms with Gasteiger partial charge in [0.25, 0.3) is 0 Å². The number of para-hydroxylation sites is 1. The van der Waals surface area contributed by atoms with Crippen molar-refractivity contribution in [2.45, 2.75) is 19.5 Å². The van der Waals surface area contributed by atoms with Crippen molar-refractivity contribution in [3.8, 4) is 0 Å². The van der Waals surface area contributed by atoms with Gasteiger partial charge < -0.3 is 10.1 Å². The highest BCUT2D eigenvalue weighted by Gasteiger charge is 2.32. The van der Waals surface area contributed by atoms with Gasteiger partial charge in [0.2, 0.25) is 0 Å². The topological polar surface area (TPSA) is 38.3 Å². The summed E-state index contributed by atoms with van der Waals surface area (Å²) in [6.07, 6.45) is -4.38. The van der Waals surface area contributed by atoms with Gasteiger partial charge in [0.1, 0.15) is 0 Å². The summed E-state index contributed by atoms with van der Waals surface area (Å²) in [7, 11) is 0. The van der Waals surface area contributed by atoms with Crippen molar-refractivity contribution in [3.05, 3.63) is 29.8 Å². The third kappa shape index (κ3) is 4.27. The van der Waals surface area contributed by atoms with Crippen LogP contribution in [0.3, 0.4) is 0 Å². The molecule has 0 aromatic heterocycles. The number of esters is 1. The van der Waals surface area contributed by atoms with E-state index in [-0.39, 0.29) is 25.3 Å². The number of carbonyl (C=O) groups is 1. The minimum absolute atomic E-state index is 0.0278. The van der Waals surface area contributed by atoms with Crippen LogP contribution in [0.25, 0.3) is 0 Å². The Bertz CT molecular complexity index is 405. The number of rotatable bonds is 5. The predicted octanol–water partition coefficient (Wildman–Crippen LogP) is 3.07. The van der Waals surface area contributed by atoms with Crippen LogP contribution in [0.5, 0.6) is 0 Å². The van der Waals surface area contributed by atoms with Crippen LogP contribution in [0.1, 0.15) is 18.9 Å². The van der Waals surface area contributed by atoms with Gasteiger partial charge in [-0.15, -0.1) is 0 Å². The Labute approximate surface area is 103 Å². The standard InChI is InChI=1S/C12H14F3NO2/c1-2-18-11(17)7-8-16-10-6-4-3-5-9(10)12(13,14)15/h3-6,16H,2,7-8H2,1H3. The Balaban J connectivity index is 2.60. The highest BCUT2D eigenvalue weighted by molar-refractivity contribution is 5.70. The van der Waals surface area contributed by atoms with E-state index in [2.05, 4.69) is 10.1 Å². The van der Waals surface area contributed by atoms with Crippen molar-refractivity contribution >= 4 is 11.7 Å². The summed E-state index contributed by atoms with van der Waals surface area (Å²) in [5.74, 6) is -0.436. The van der Waals surface area contributed by atoms with E-state index in [9.17, 15) is 18.0 Å². The molecule has 0 radical (unpaired) electrons. The molecule has 0 aliphatic heterocycles. The SMILES string of the molecule is CCOC(=O)CCNc1ccccc1C(F)(F)F. The van der Waals surface area contributed by atoms with Crippen molar-refractivity contribution in [1.29, 1.82) is 0 Å². The zero-order valence-electron chi connectivity index (χ0n) is 9.88. The molecule has 0 aliphatic rings. The number of alkyl halides is 3. The molecule has 1 aromatic rings. The first kappa shape index (κ1) is 14.3. The van der Waals surface area contributed by atoms with Gasteiger partial charge in [-0.2, -0.15) is 13.2 Å². The van der Waals surface area contributed by atoms with Crippen LogP contribution in [0, 0.1) is 0 Å². The van der Waals surface area contributed by atoms with Crippen LogP contribution in [-0.2, 0) is 15.7 Å². The van der Waals surface area contributed by atoms with E-state index >= 15 is 0 Å². The largest absolute Gasteiger partial charge is 0.466 e. The molecule has 0 saturated carbocycles. The van der Waals surface area contributed by atoms with Gasteiger partial charge in [0.15, 0.2) is 0 Å². The minimum Gasteiger partial charge on any atom is -0.466 e. The van der Waals surface area contributed by atoms with Crippen LogP contribution in [0.2, 0.25) is 0 Å². The zero-order chi connectivity index (χ0) is 13.6. The second kappa shape index (κ2) is 6.28. The first-order chi connectivity index (χ1) is 8.45. The summed E-state index contributed by atoms with van der Waals surface area (Å²) in [5, 5.41) is 2.59. The van der Waals surface area contributed by atoms with Gasteiger partial charge in [0, 0.05) is 12.2 Å². The lowest BCUT2D eigenvalue weighted by atomic mass is 10.1. The number of nitrogens with one attached hydrogen (secondary N) is 1. The van der Waals surface area contributed by atoms with Crippen LogP contribution >= 0.6 is 0 Å². The molecule has 1 aromatic carbocycles. The number of halogens is 3. The number of benzene rings is 1. The summed E-state index contributed by atoms with van der Waals surface area (Å²) < 4.78 is 42.5. The number of ether oxygens (including phenoxy) is 1. The Hall–Kier alpha value is -1.72. The van der Waals surface area contributed by atoms with Gasteiger partial charge in [-0.25, -0.2) is 0 Å². The second-order valence-corrected chi connectivity index (χ2v) is 3.53. The molecule has 0 aliphatic carbocycles. The van der Waals surface area contributed by atoms with E-state index in [1.165, 1.54) is 18.2 Å². The quantitative estimate of drug-likeness (QED) is 0.828. The molecule has 0 atom stereocenters. The average Bonchev–Trinajstić information content (AvgIpc) is 2.28. The predicted molar refractivity (Wildman–Crippen MR) is 61.2 cm³/mol. The first-order valence-electron chi connectivity index (χ1n) is 5.51. The van der Waals surface area contributed by atoms with Crippen molar-refractivity contribution in [2.75, 3.05) is 18.5 Å². The number of anilines is 1. The molecule has 3 nitrogen and oxygen atoms in total. The van der Waals surface area contributed by atoms with Crippen LogP contribution < -0.4 is 5.32 Å². The maximum Gasteiger partial charge on any atom is 0.418 e. The van der Waals surface area contributed by atoms with E-state index in [1.807, 2.05) is 0 Å². The molecule has 0 spiro atoms. The normalized spacial score (nSPS) is 11.1. The van der Waals surface area contributed by atoms with Crippen LogP contribution in [-0.4, -0.2) is 19.1 Å². The van der Waals surface area contributed by atoms with Gasteiger partial charge in [0.05, 0.1) is 18.6 Å². The maximum absolute atomic E-state index is 12.6. The van der Waals surface area contributed by atoms with Crippen molar-refractivity contribution in [1.82, 2.24) is 0 Å². The Morgan fingerprint density at radius 2 is 2.00 bits per heavy atom. The fourth-order valence-electron chi connectivity index (χ4n) is 1.42. The van der Waals surface area contributed by atoms with E-state index in [0.29, 0.717) is 0 Å². The maximum atomic E-state index is 12.6. The van der Waals surface area contributed by atoms with Crippen LogP contribution in [0.15, 0.2) is 24.3 Å². The summed E-state index contributed by atoms with van der Waals surface area (Å²) in [6.45, 7) is 2.04. The molecular formula is C12H14F3NO2. The third-order valence-electron chi connectivity index (χ3n) is 2.18. The number of carbonyl (C=O) groups excluding carboxylic acids is 1. The lowest BCUT2D eigenvalue weighted by molar-refractivity contribution is -0.142. The van der Waals surface area contributed by atoms with Crippen molar-refractivity contribution in [2.24, 2.45) is 0 Å². The van der Waals surface area contributed by atoms with Gasteiger partial charge in [-0.05, 0) is 19.1 Å². The lowest BCUT2D eigenvalue weighted by Gasteiger charge is -2.13. The molecule has 100 valence electrons. The average molecular weight is 261 g/mol. The number of hydrogen-bond acceptors (Lipinski definition) is 3. The van der Waals surface area contributed by atoms with Gasteiger partial charge >= 0.3 is 12.1 Å². The van der Waals surface area contributed by atoms with E-state index in [1.54, 1.807) is 6.92 Å². The molecule has 1 N–H and O–H groups in total. The van der Waals surface area contributed by atoms with Gasteiger partial charge in [-0.1, -0.05) is 12.1 Å². The van der Waals surface area contributed by atoms with E-state index < -0.39 is 17.7 Å². The summed E-state index contributed by atoms with van der Waals surface area (Å²) in [6, 6.07) is 5.14. The highest BCUT2D eigenvalue weighted by atomic mass is 19.4. The smallest absolute Gasteiger partial charge is 0.418 e. The molecule has 0 amide bonds. The lowest BCUT2D eigenvalue weighted by Crippen LogP contribution is -2.14. The van der Waals surface area contributed by atoms with E-state index in [0.717, 1.165) is 6.07 Å². The zero-order valence-corrected chi connectivity index (χ0v) is 9.88. The first-order valence-corrected chi connectivity index (χ1v) is 5.51. The second-order valence-electron chi connectivity index (χ2n) is 3.53. The molecule has 0 saturated heterocycles. The third-order valence-corrected chi connectivity index (χ3v) is 2.18. The molecule has 0 heterocycles. The molecular weight excluding hydrogens is 247 g/mol. The van der Waals surface area contributed by atoms with Crippen LogP contribution in [0.4, 0.5) is 18.9 Å². The molecule has 18 heavy (non-hydrogen) atoms. The van der Waals surface area contributed by atoms with Gasteiger partial charge in [-0.3, -0.25) is 4.79 Å². The molecule has 0 fully saturated rings. The highest BCUT2D eigenvalue weighted by Crippen LogP contribution is 2.34. The Kier molecular flexibility index (Phi) is 5.00. The summed E-state index contributed by atoms with van der Waals surface area (Å²) >= 11 is 0. The summed E-state index contributed by atoms with van der Waals surface area (Å²) in [5.41, 5.74) is -0.775. The fraction of sp³-hybridized carbons (Fsp3) is 0.417. The summed E-state index contributed by atoms with van der Waals surface area (Å²) in [4.78, 5) is 11.0. The van der Waals surface area contributed by atoms with Crippen molar-refractivity contribution < 1.29 is 22.7 Å². The molecule has 1 rings (SSSR count). The Morgan fingerprint density at radius 3 is 2.61 bits per heavy atom. The van der Waals surface area contributed by atoms with Crippen molar-refractivity contribution in [3.63, 3.8) is 0 Å².